The molecule has 1 aliphatic heterocycles. The number of aryl methyl sites for hydroxylation is 2. The predicted octanol–water partition coefficient (Wildman–Crippen LogP) is 4.55. The summed E-state index contributed by atoms with van der Waals surface area (Å²) in [6.07, 6.45) is 1.78. The number of hydrogen-bond donors (Lipinski definition) is 1. The number of benzene rings is 2. The van der Waals surface area contributed by atoms with E-state index in [1.54, 1.807) is 34.0 Å². The molecule has 2 heterocycles. The lowest BCUT2D eigenvalue weighted by Crippen LogP contribution is -2.30. The van der Waals surface area contributed by atoms with Crippen LogP contribution in [-0.2, 0) is 22.8 Å². The zero-order valence-electron chi connectivity index (χ0n) is 16.1. The number of nitrogens with zero attached hydrogens (tertiary/aromatic N) is 4. The van der Waals surface area contributed by atoms with Gasteiger partial charge in [0.1, 0.15) is 5.82 Å². The van der Waals surface area contributed by atoms with E-state index < -0.39 is 9.23 Å². The first-order valence-electron chi connectivity index (χ1n) is 8.75. The molecule has 0 radical (unpaired) electrons. The zero-order chi connectivity index (χ0) is 21.8. The number of aromatic nitrogens is 2. The van der Waals surface area contributed by atoms with Gasteiger partial charge in [0.05, 0.1) is 35.7 Å². The van der Waals surface area contributed by atoms with Crippen molar-refractivity contribution in [2.75, 3.05) is 10.2 Å². The molecule has 0 saturated carbocycles. The number of hydrogen-bond acceptors (Lipinski definition) is 5. The van der Waals surface area contributed by atoms with E-state index in [0.29, 0.717) is 17.7 Å². The van der Waals surface area contributed by atoms with Crippen LogP contribution in [-0.4, -0.2) is 19.9 Å². The van der Waals surface area contributed by atoms with E-state index in [1.807, 2.05) is 38.2 Å². The Bertz CT molecular complexity index is 1170. The number of carbonyl (C=O) groups is 1. The summed E-state index contributed by atoms with van der Waals surface area (Å²) in [5, 5.41) is 16.8. The largest absolute Gasteiger partial charge is 0.338 e. The van der Waals surface area contributed by atoms with Crippen molar-refractivity contribution >= 4 is 53.7 Å². The molecule has 0 bridgehead atoms. The van der Waals surface area contributed by atoms with Crippen LogP contribution in [0.5, 0.6) is 0 Å². The fourth-order valence-corrected chi connectivity index (χ4v) is 3.22. The lowest BCUT2D eigenvalue weighted by molar-refractivity contribution is 0.0985. The monoisotopic (exact) mass is 461 g/mol. The predicted molar refractivity (Wildman–Crippen MR) is 119 cm³/mol. The van der Waals surface area contributed by atoms with Crippen LogP contribution in [0.4, 0.5) is 17.2 Å². The summed E-state index contributed by atoms with van der Waals surface area (Å²) in [5.41, 5.74) is 4.55. The normalized spacial score (nSPS) is 11.9. The van der Waals surface area contributed by atoms with Crippen LogP contribution in [0.2, 0.25) is 0 Å². The standard InChI is InChI=1S/C20H17N5O.Cl2OS/c1-13-9-14(7-8-15(13)10-21)20(26)25-12-16-11-22-24(2)19(16)23-17-5-3-4-6-18(17)25;1-4(2)3/h3-9,11,23H,12H2,1-2H3;. The highest BCUT2D eigenvalue weighted by Crippen LogP contribution is 2.36. The van der Waals surface area contributed by atoms with Crippen LogP contribution in [0.3, 0.4) is 0 Å². The van der Waals surface area contributed by atoms with E-state index in [-0.39, 0.29) is 5.91 Å². The van der Waals surface area contributed by atoms with Gasteiger partial charge >= 0.3 is 0 Å². The number of carbonyl (C=O) groups excluding carboxylic acids is 1. The van der Waals surface area contributed by atoms with Gasteiger partial charge in [-0.3, -0.25) is 9.48 Å². The van der Waals surface area contributed by atoms with Crippen molar-refractivity contribution in [2.45, 2.75) is 13.5 Å². The van der Waals surface area contributed by atoms with Gasteiger partial charge < -0.3 is 10.2 Å². The van der Waals surface area contributed by atoms with Gasteiger partial charge in [-0.15, -0.1) is 0 Å². The minimum atomic E-state index is -1.67. The molecule has 1 amide bonds. The number of nitriles is 1. The highest BCUT2D eigenvalue weighted by molar-refractivity contribution is 8.26. The molecule has 4 rings (SSSR count). The number of anilines is 3. The summed E-state index contributed by atoms with van der Waals surface area (Å²) < 4.78 is 10.9. The molecule has 0 aliphatic carbocycles. The van der Waals surface area contributed by atoms with Crippen LogP contribution in [0.1, 0.15) is 27.0 Å². The van der Waals surface area contributed by atoms with E-state index in [1.165, 1.54) is 0 Å². The Morgan fingerprint density at radius 3 is 2.63 bits per heavy atom. The number of amides is 1. The summed E-state index contributed by atoms with van der Waals surface area (Å²) in [6, 6.07) is 15.0. The van der Waals surface area contributed by atoms with Crippen molar-refractivity contribution in [1.29, 1.82) is 5.26 Å². The maximum atomic E-state index is 13.3. The second-order valence-corrected chi connectivity index (χ2v) is 9.03. The minimum Gasteiger partial charge on any atom is -0.338 e. The Morgan fingerprint density at radius 2 is 1.97 bits per heavy atom. The van der Waals surface area contributed by atoms with Crippen LogP contribution < -0.4 is 10.2 Å². The summed E-state index contributed by atoms with van der Waals surface area (Å²) in [4.78, 5) is 15.0. The van der Waals surface area contributed by atoms with Gasteiger partial charge in [-0.25, -0.2) is 4.21 Å². The smallest absolute Gasteiger partial charge is 0.258 e. The van der Waals surface area contributed by atoms with E-state index in [2.05, 4.69) is 37.8 Å². The third kappa shape index (κ3) is 4.65. The van der Waals surface area contributed by atoms with Gasteiger partial charge in [0.25, 0.3) is 5.91 Å². The summed E-state index contributed by atoms with van der Waals surface area (Å²) in [5.74, 6) is 0.771. The van der Waals surface area contributed by atoms with Crippen molar-refractivity contribution in [3.8, 4) is 6.07 Å². The Morgan fingerprint density at radius 1 is 1.27 bits per heavy atom. The third-order valence-electron chi connectivity index (χ3n) is 4.63. The molecule has 10 heteroatoms. The SMILES string of the molecule is Cc1cc(C(=O)N2Cc3cnn(C)c3Nc3ccccc32)ccc1C#N.O=S(Cl)Cl. The number of para-hydroxylation sites is 2. The molecule has 3 aromatic rings. The maximum absolute atomic E-state index is 13.3. The average Bonchev–Trinajstić information content (AvgIpc) is 2.95. The second-order valence-electron chi connectivity index (χ2n) is 6.50. The van der Waals surface area contributed by atoms with Gasteiger partial charge in [-0.1, -0.05) is 12.1 Å². The van der Waals surface area contributed by atoms with Gasteiger partial charge in [-0.05, 0) is 42.8 Å². The number of nitrogens with one attached hydrogen (secondary N) is 1. The summed E-state index contributed by atoms with van der Waals surface area (Å²) >= 11 is 0. The molecule has 0 unspecified atom stereocenters. The molecule has 0 spiro atoms. The molecule has 7 nitrogen and oxygen atoms in total. The van der Waals surface area contributed by atoms with E-state index >= 15 is 0 Å². The Labute approximate surface area is 185 Å². The first kappa shape index (κ1) is 21.8. The molecule has 1 N–H and O–H groups in total. The summed E-state index contributed by atoms with van der Waals surface area (Å²) in [6.45, 7) is 2.26. The van der Waals surface area contributed by atoms with E-state index in [4.69, 9.17) is 9.47 Å². The Balaban J connectivity index is 0.000000589. The molecule has 0 fully saturated rings. The lowest BCUT2D eigenvalue weighted by atomic mass is 10.0. The van der Waals surface area contributed by atoms with Crippen molar-refractivity contribution in [1.82, 2.24) is 9.78 Å². The minimum absolute atomic E-state index is 0.108. The molecule has 1 aromatic heterocycles. The van der Waals surface area contributed by atoms with Crippen molar-refractivity contribution in [2.24, 2.45) is 7.05 Å². The van der Waals surface area contributed by atoms with Crippen molar-refractivity contribution in [3.05, 3.63) is 70.9 Å². The molecular formula is C20H17Cl2N5O2S. The molecule has 2 aromatic carbocycles. The fraction of sp³-hybridized carbons (Fsp3) is 0.150. The quantitative estimate of drug-likeness (QED) is 0.536. The average molecular weight is 462 g/mol. The van der Waals surface area contributed by atoms with Gasteiger partial charge in [0.2, 0.25) is 9.23 Å². The van der Waals surface area contributed by atoms with Crippen LogP contribution in [0.25, 0.3) is 0 Å². The van der Waals surface area contributed by atoms with E-state index in [0.717, 1.165) is 28.3 Å². The molecule has 1 aliphatic rings. The van der Waals surface area contributed by atoms with Crippen LogP contribution >= 0.6 is 21.4 Å². The number of halogens is 2. The van der Waals surface area contributed by atoms with E-state index in [9.17, 15) is 4.79 Å². The molecule has 0 atom stereocenters. The topological polar surface area (TPSA) is 91.0 Å². The van der Waals surface area contributed by atoms with Crippen LogP contribution in [0.15, 0.2) is 48.7 Å². The zero-order valence-corrected chi connectivity index (χ0v) is 18.4. The van der Waals surface area contributed by atoms with Gasteiger partial charge in [0, 0.05) is 39.5 Å². The first-order chi connectivity index (χ1) is 14.3. The Hall–Kier alpha value is -2.86. The fourth-order valence-electron chi connectivity index (χ4n) is 3.22. The first-order valence-corrected chi connectivity index (χ1v) is 11.6. The van der Waals surface area contributed by atoms with Crippen molar-refractivity contribution < 1.29 is 9.00 Å². The van der Waals surface area contributed by atoms with Crippen molar-refractivity contribution in [3.63, 3.8) is 0 Å². The lowest BCUT2D eigenvalue weighted by Gasteiger charge is -2.23. The Kier molecular flexibility index (Phi) is 6.77. The van der Waals surface area contributed by atoms with Crippen LogP contribution in [0, 0.1) is 18.3 Å². The van der Waals surface area contributed by atoms with Gasteiger partial charge in [-0.2, -0.15) is 10.4 Å². The highest BCUT2D eigenvalue weighted by atomic mass is 36.0. The number of rotatable bonds is 1. The molecular weight excluding hydrogens is 445 g/mol. The third-order valence-corrected chi connectivity index (χ3v) is 4.63. The molecule has 154 valence electrons. The molecule has 30 heavy (non-hydrogen) atoms. The number of fused-ring (bicyclic) bond motifs is 2. The summed E-state index contributed by atoms with van der Waals surface area (Å²) in [7, 11) is 9.23. The second kappa shape index (κ2) is 9.30. The highest BCUT2D eigenvalue weighted by Gasteiger charge is 2.26. The molecule has 0 saturated heterocycles. The van der Waals surface area contributed by atoms with Gasteiger partial charge in [0.15, 0.2) is 0 Å². The maximum Gasteiger partial charge on any atom is 0.258 e.